The van der Waals surface area contributed by atoms with Gasteiger partial charge in [-0.2, -0.15) is 5.10 Å². The first-order valence-corrected chi connectivity index (χ1v) is 8.77. The lowest BCUT2D eigenvalue weighted by Gasteiger charge is -2.27. The van der Waals surface area contributed by atoms with Crippen LogP contribution in [0, 0.1) is 0 Å². The second-order valence-electron chi connectivity index (χ2n) is 6.58. The van der Waals surface area contributed by atoms with Crippen LogP contribution >= 0.6 is 0 Å². The lowest BCUT2D eigenvalue weighted by molar-refractivity contribution is 0.200. The van der Waals surface area contributed by atoms with Crippen LogP contribution < -0.4 is 5.32 Å². The largest absolute Gasteiger partial charge is 0.324 e. The number of amides is 2. The van der Waals surface area contributed by atoms with E-state index >= 15 is 0 Å². The molecule has 25 heavy (non-hydrogen) atoms. The van der Waals surface area contributed by atoms with Crippen molar-refractivity contribution in [1.82, 2.24) is 24.6 Å². The summed E-state index contributed by atoms with van der Waals surface area (Å²) in [4.78, 5) is 21.2. The fourth-order valence-corrected chi connectivity index (χ4v) is 3.28. The smallest absolute Gasteiger partial charge is 0.322 e. The van der Waals surface area contributed by atoms with Gasteiger partial charge < -0.3 is 4.90 Å². The van der Waals surface area contributed by atoms with E-state index in [2.05, 4.69) is 33.4 Å². The minimum Gasteiger partial charge on any atom is -0.324 e. The van der Waals surface area contributed by atoms with Crippen molar-refractivity contribution in [1.29, 1.82) is 0 Å². The van der Waals surface area contributed by atoms with Gasteiger partial charge in [0.2, 0.25) is 0 Å². The number of aryl methyl sites for hydroxylation is 1. The molecule has 2 aromatic rings. The minimum atomic E-state index is -0.0448. The summed E-state index contributed by atoms with van der Waals surface area (Å²) in [7, 11) is 3.96. The average molecular weight is 342 g/mol. The van der Waals surface area contributed by atoms with Crippen molar-refractivity contribution >= 4 is 11.8 Å². The van der Waals surface area contributed by atoms with Crippen molar-refractivity contribution in [2.45, 2.75) is 31.8 Å². The van der Waals surface area contributed by atoms with E-state index in [1.807, 2.05) is 30.3 Å². The second kappa shape index (κ2) is 8.11. The Kier molecular flexibility index (Phi) is 5.65. The number of anilines is 1. The fourth-order valence-electron chi connectivity index (χ4n) is 3.28. The third-order valence-electron chi connectivity index (χ3n) is 4.80. The third-order valence-corrected chi connectivity index (χ3v) is 4.80. The molecule has 0 aliphatic carbocycles. The predicted molar refractivity (Wildman–Crippen MR) is 97.1 cm³/mol. The molecule has 7 nitrogen and oxygen atoms in total. The van der Waals surface area contributed by atoms with E-state index in [4.69, 9.17) is 0 Å². The summed E-state index contributed by atoms with van der Waals surface area (Å²) in [6.45, 7) is 2.39. The number of pyridine rings is 1. The molecule has 0 spiro atoms. The number of rotatable bonds is 4. The van der Waals surface area contributed by atoms with Gasteiger partial charge in [0.25, 0.3) is 0 Å². The summed E-state index contributed by atoms with van der Waals surface area (Å²) in [6.07, 6.45) is 6.60. The molecule has 1 aliphatic rings. The molecule has 2 amide bonds. The molecule has 2 aromatic heterocycles. The maximum atomic E-state index is 12.5. The van der Waals surface area contributed by atoms with E-state index in [1.54, 1.807) is 16.9 Å². The molecule has 0 aromatic carbocycles. The molecule has 7 heteroatoms. The monoisotopic (exact) mass is 342 g/mol. The Morgan fingerprint density at radius 1 is 1.28 bits per heavy atom. The van der Waals surface area contributed by atoms with Gasteiger partial charge in [-0.05, 0) is 38.4 Å². The van der Waals surface area contributed by atoms with E-state index in [1.165, 1.54) is 0 Å². The molecule has 3 rings (SSSR count). The van der Waals surface area contributed by atoms with Crippen LogP contribution in [0.3, 0.4) is 0 Å². The summed E-state index contributed by atoms with van der Waals surface area (Å²) in [5, 5.41) is 7.01. The van der Waals surface area contributed by atoms with Gasteiger partial charge in [0.05, 0.1) is 11.9 Å². The first-order valence-electron chi connectivity index (χ1n) is 8.77. The van der Waals surface area contributed by atoms with Crippen molar-refractivity contribution < 1.29 is 4.79 Å². The van der Waals surface area contributed by atoms with Crippen molar-refractivity contribution in [3.05, 3.63) is 42.4 Å². The Bertz CT molecular complexity index is 686. The topological polar surface area (TPSA) is 66.3 Å². The van der Waals surface area contributed by atoms with Crippen LogP contribution in [0.4, 0.5) is 10.6 Å². The van der Waals surface area contributed by atoms with Gasteiger partial charge in [-0.25, -0.2) is 4.79 Å². The highest BCUT2D eigenvalue weighted by molar-refractivity contribution is 5.88. The minimum absolute atomic E-state index is 0.0448. The summed E-state index contributed by atoms with van der Waals surface area (Å²) in [6, 6.07) is 8.25. The number of nitrogens with one attached hydrogen (secondary N) is 1. The second-order valence-corrected chi connectivity index (χ2v) is 6.58. The lowest BCUT2D eigenvalue weighted by atomic mass is 10.1. The van der Waals surface area contributed by atoms with E-state index in [-0.39, 0.29) is 6.03 Å². The van der Waals surface area contributed by atoms with Crippen molar-refractivity contribution in [3.8, 4) is 0 Å². The van der Waals surface area contributed by atoms with Gasteiger partial charge in [0.1, 0.15) is 5.82 Å². The lowest BCUT2D eigenvalue weighted by Crippen LogP contribution is -2.37. The van der Waals surface area contributed by atoms with Crippen LogP contribution in [0.2, 0.25) is 0 Å². The van der Waals surface area contributed by atoms with Gasteiger partial charge >= 0.3 is 6.03 Å². The number of urea groups is 1. The predicted octanol–water partition coefficient (Wildman–Crippen LogP) is 2.33. The molecule has 1 saturated heterocycles. The number of aromatic nitrogens is 3. The first kappa shape index (κ1) is 17.4. The highest BCUT2D eigenvalue weighted by Crippen LogP contribution is 2.18. The maximum Gasteiger partial charge on any atom is 0.322 e. The van der Waals surface area contributed by atoms with Crippen LogP contribution in [-0.2, 0) is 13.6 Å². The Morgan fingerprint density at radius 2 is 2.16 bits per heavy atom. The molecule has 0 saturated carbocycles. The maximum absolute atomic E-state index is 12.5. The highest BCUT2D eigenvalue weighted by atomic mass is 16.2. The Morgan fingerprint density at radius 3 is 2.88 bits per heavy atom. The zero-order valence-corrected chi connectivity index (χ0v) is 14.9. The zero-order valence-electron chi connectivity index (χ0n) is 14.9. The summed E-state index contributed by atoms with van der Waals surface area (Å²) < 4.78 is 1.67. The van der Waals surface area contributed by atoms with Gasteiger partial charge in [0.15, 0.2) is 0 Å². The number of carbonyl (C=O) groups excluding carboxylic acids is 1. The highest BCUT2D eigenvalue weighted by Gasteiger charge is 2.23. The first-order chi connectivity index (χ1) is 12.1. The third kappa shape index (κ3) is 4.57. The van der Waals surface area contributed by atoms with Gasteiger partial charge in [-0.1, -0.05) is 6.07 Å². The number of likely N-dealkylation sites (tertiary alicyclic amines) is 1. The van der Waals surface area contributed by atoms with Crippen LogP contribution in [-0.4, -0.2) is 56.8 Å². The Labute approximate surface area is 148 Å². The fraction of sp³-hybridized carbons (Fsp3) is 0.500. The van der Waals surface area contributed by atoms with Crippen LogP contribution in [0.15, 0.2) is 36.7 Å². The molecule has 134 valence electrons. The van der Waals surface area contributed by atoms with Gasteiger partial charge in [-0.15, -0.1) is 0 Å². The van der Waals surface area contributed by atoms with E-state index < -0.39 is 0 Å². The Balaban J connectivity index is 1.53. The van der Waals surface area contributed by atoms with Gasteiger partial charge in [-0.3, -0.25) is 19.9 Å². The van der Waals surface area contributed by atoms with Crippen molar-refractivity contribution in [3.63, 3.8) is 0 Å². The number of carbonyl (C=O) groups is 1. The standard InChI is InChI=1S/C18H26N6O/c1-22(14-15-6-3-4-10-19-15)16-7-5-12-24(13-9-16)18(25)21-17-8-11-20-23(17)2/h3-4,6,8,10-11,16H,5,7,9,12-14H2,1-2H3,(H,21,25)/t16-/m1/s1. The molecular weight excluding hydrogens is 316 g/mol. The van der Waals surface area contributed by atoms with Gasteiger partial charge in [0, 0.05) is 45.0 Å². The average Bonchev–Trinajstić information content (AvgIpc) is 2.87. The quantitative estimate of drug-likeness (QED) is 0.926. The van der Waals surface area contributed by atoms with E-state index in [0.29, 0.717) is 6.04 Å². The van der Waals surface area contributed by atoms with E-state index in [0.717, 1.165) is 50.4 Å². The van der Waals surface area contributed by atoms with Crippen LogP contribution in [0.5, 0.6) is 0 Å². The molecule has 0 radical (unpaired) electrons. The molecule has 1 fully saturated rings. The molecule has 1 atom stereocenters. The summed E-state index contributed by atoms with van der Waals surface area (Å²) in [5.74, 6) is 0.720. The van der Waals surface area contributed by atoms with Crippen LogP contribution in [0.25, 0.3) is 0 Å². The Hall–Kier alpha value is -2.41. The van der Waals surface area contributed by atoms with Crippen LogP contribution in [0.1, 0.15) is 25.0 Å². The SMILES string of the molecule is CN(Cc1ccccn1)[C@@H]1CCCN(C(=O)Nc2ccnn2C)CC1. The van der Waals surface area contributed by atoms with Crippen molar-refractivity contribution in [2.24, 2.45) is 7.05 Å². The molecule has 0 bridgehead atoms. The summed E-state index contributed by atoms with van der Waals surface area (Å²) in [5.41, 5.74) is 1.08. The summed E-state index contributed by atoms with van der Waals surface area (Å²) >= 11 is 0. The van der Waals surface area contributed by atoms with E-state index in [9.17, 15) is 4.79 Å². The normalized spacial score (nSPS) is 18.2. The number of nitrogens with zero attached hydrogens (tertiary/aromatic N) is 5. The number of hydrogen-bond acceptors (Lipinski definition) is 4. The molecule has 3 heterocycles. The molecule has 1 N–H and O–H groups in total. The molecular formula is C18H26N6O. The number of hydrogen-bond donors (Lipinski definition) is 1. The van der Waals surface area contributed by atoms with Crippen molar-refractivity contribution in [2.75, 3.05) is 25.5 Å². The molecule has 0 unspecified atom stereocenters. The molecule has 1 aliphatic heterocycles. The zero-order chi connectivity index (χ0) is 17.6.